The van der Waals surface area contributed by atoms with Gasteiger partial charge in [-0.2, -0.15) is 5.10 Å². The van der Waals surface area contributed by atoms with Crippen molar-refractivity contribution in [3.8, 4) is 5.82 Å². The monoisotopic (exact) mass is 311 g/mol. The van der Waals surface area contributed by atoms with Crippen LogP contribution in [0.3, 0.4) is 0 Å². The molecule has 2 amide bonds. The van der Waals surface area contributed by atoms with Crippen LogP contribution in [0, 0.1) is 0 Å². The molecule has 0 aliphatic rings. The van der Waals surface area contributed by atoms with E-state index in [4.69, 9.17) is 0 Å². The number of likely N-dealkylation sites (N-methyl/N-ethyl adjacent to an activating group) is 1. The highest BCUT2D eigenvalue weighted by Crippen LogP contribution is 2.13. The molecular formula is C16H17N5O2. The Morgan fingerprint density at radius 2 is 1.96 bits per heavy atom. The summed E-state index contributed by atoms with van der Waals surface area (Å²) >= 11 is 0. The van der Waals surface area contributed by atoms with Crippen molar-refractivity contribution in [1.29, 1.82) is 0 Å². The van der Waals surface area contributed by atoms with Gasteiger partial charge in [0.15, 0.2) is 5.69 Å². The Bertz CT molecular complexity index is 862. The van der Waals surface area contributed by atoms with Gasteiger partial charge in [-0.05, 0) is 30.3 Å². The van der Waals surface area contributed by atoms with Gasteiger partial charge in [0.2, 0.25) is 5.91 Å². The zero-order valence-electron chi connectivity index (χ0n) is 12.9. The first-order valence-electron chi connectivity index (χ1n) is 7.17. The van der Waals surface area contributed by atoms with Crippen molar-refractivity contribution in [2.75, 3.05) is 20.6 Å². The summed E-state index contributed by atoms with van der Waals surface area (Å²) < 4.78 is 3.61. The van der Waals surface area contributed by atoms with Crippen LogP contribution < -0.4 is 5.32 Å². The number of aromatic nitrogens is 3. The van der Waals surface area contributed by atoms with Crippen molar-refractivity contribution >= 4 is 17.3 Å². The molecule has 3 aromatic rings. The number of hydrogen-bond acceptors (Lipinski definition) is 3. The molecule has 0 fully saturated rings. The molecule has 0 saturated heterocycles. The Balaban J connectivity index is 1.78. The molecule has 0 radical (unpaired) electrons. The van der Waals surface area contributed by atoms with Crippen LogP contribution in [0.1, 0.15) is 10.5 Å². The summed E-state index contributed by atoms with van der Waals surface area (Å²) in [5, 5.41) is 6.85. The fourth-order valence-electron chi connectivity index (χ4n) is 2.20. The van der Waals surface area contributed by atoms with Crippen LogP contribution in [0.2, 0.25) is 0 Å². The summed E-state index contributed by atoms with van der Waals surface area (Å²) in [6, 6.07) is 11.4. The summed E-state index contributed by atoms with van der Waals surface area (Å²) in [6.45, 7) is -0.0489. The van der Waals surface area contributed by atoms with Gasteiger partial charge in [0.25, 0.3) is 5.91 Å². The highest BCUT2D eigenvalue weighted by Gasteiger charge is 2.13. The lowest BCUT2D eigenvalue weighted by Crippen LogP contribution is -2.36. The van der Waals surface area contributed by atoms with Crippen LogP contribution in [0.25, 0.3) is 11.3 Å². The van der Waals surface area contributed by atoms with E-state index in [1.54, 1.807) is 31.0 Å². The molecule has 1 N–H and O–H groups in total. The second-order valence-corrected chi connectivity index (χ2v) is 5.30. The van der Waals surface area contributed by atoms with Gasteiger partial charge in [-0.3, -0.25) is 9.59 Å². The maximum atomic E-state index is 12.1. The molecule has 0 spiro atoms. The van der Waals surface area contributed by atoms with Crippen molar-refractivity contribution in [3.05, 3.63) is 54.5 Å². The third-order valence-electron chi connectivity index (χ3n) is 3.50. The smallest absolute Gasteiger partial charge is 0.272 e. The van der Waals surface area contributed by atoms with E-state index in [1.165, 1.54) is 4.90 Å². The summed E-state index contributed by atoms with van der Waals surface area (Å²) in [6.07, 6.45) is 3.65. The van der Waals surface area contributed by atoms with Crippen LogP contribution in [-0.4, -0.2) is 51.5 Å². The topological polar surface area (TPSA) is 71.6 Å². The molecule has 0 bridgehead atoms. The molecule has 7 heteroatoms. The van der Waals surface area contributed by atoms with Gasteiger partial charge in [0.05, 0.1) is 6.54 Å². The SMILES string of the molecule is CN(C)C(=O)CNC(=O)c1ccn(-c2ccc3ccccn23)n1. The lowest BCUT2D eigenvalue weighted by atomic mass is 10.4. The number of carbonyl (C=O) groups is 2. The number of pyridine rings is 1. The normalized spacial score (nSPS) is 10.7. The van der Waals surface area contributed by atoms with Crippen LogP contribution in [-0.2, 0) is 4.79 Å². The molecule has 118 valence electrons. The Kier molecular flexibility index (Phi) is 3.84. The van der Waals surface area contributed by atoms with E-state index in [9.17, 15) is 9.59 Å². The molecule has 0 atom stereocenters. The predicted octanol–water partition coefficient (Wildman–Crippen LogP) is 0.943. The largest absolute Gasteiger partial charge is 0.347 e. The third kappa shape index (κ3) is 2.94. The number of nitrogens with one attached hydrogen (secondary N) is 1. The number of amides is 2. The van der Waals surface area contributed by atoms with E-state index in [1.807, 2.05) is 40.9 Å². The summed E-state index contributed by atoms with van der Waals surface area (Å²) in [4.78, 5) is 25.0. The first-order chi connectivity index (χ1) is 11.1. The standard InChI is InChI=1S/C16H17N5O2/c1-19(2)15(22)11-17-16(23)13-8-10-21(18-13)14-7-6-12-5-3-4-9-20(12)14/h3-10H,11H2,1-2H3,(H,17,23). The van der Waals surface area contributed by atoms with Crippen LogP contribution in [0.5, 0.6) is 0 Å². The van der Waals surface area contributed by atoms with E-state index >= 15 is 0 Å². The van der Waals surface area contributed by atoms with Gasteiger partial charge < -0.3 is 14.6 Å². The molecule has 0 aromatic carbocycles. The van der Waals surface area contributed by atoms with Crippen LogP contribution >= 0.6 is 0 Å². The zero-order chi connectivity index (χ0) is 16.4. The number of nitrogens with zero attached hydrogens (tertiary/aromatic N) is 4. The first-order valence-corrected chi connectivity index (χ1v) is 7.17. The van der Waals surface area contributed by atoms with Gasteiger partial charge in [0.1, 0.15) is 5.82 Å². The Morgan fingerprint density at radius 3 is 2.74 bits per heavy atom. The van der Waals surface area contributed by atoms with E-state index in [2.05, 4.69) is 10.4 Å². The van der Waals surface area contributed by atoms with Crippen molar-refractivity contribution in [3.63, 3.8) is 0 Å². The second kappa shape index (κ2) is 5.96. The van der Waals surface area contributed by atoms with Gasteiger partial charge >= 0.3 is 0 Å². The highest BCUT2D eigenvalue weighted by molar-refractivity contribution is 5.94. The molecule has 0 aliphatic carbocycles. The number of carbonyl (C=O) groups excluding carboxylic acids is 2. The van der Waals surface area contributed by atoms with Crippen molar-refractivity contribution < 1.29 is 9.59 Å². The van der Waals surface area contributed by atoms with Gasteiger partial charge in [-0.1, -0.05) is 6.07 Å². The van der Waals surface area contributed by atoms with E-state index < -0.39 is 0 Å². The van der Waals surface area contributed by atoms with Gasteiger partial charge in [-0.15, -0.1) is 0 Å². The molecule has 3 aromatic heterocycles. The number of rotatable bonds is 4. The minimum Gasteiger partial charge on any atom is -0.347 e. The highest BCUT2D eigenvalue weighted by atomic mass is 16.2. The quantitative estimate of drug-likeness (QED) is 0.779. The van der Waals surface area contributed by atoms with Crippen molar-refractivity contribution in [2.24, 2.45) is 0 Å². The molecule has 3 rings (SSSR count). The molecule has 7 nitrogen and oxygen atoms in total. The van der Waals surface area contributed by atoms with E-state index in [0.717, 1.165) is 11.3 Å². The average molecular weight is 311 g/mol. The minimum atomic E-state index is -0.375. The first kappa shape index (κ1) is 14.8. The summed E-state index contributed by atoms with van der Waals surface area (Å²) in [7, 11) is 3.28. The summed E-state index contributed by atoms with van der Waals surface area (Å²) in [5.41, 5.74) is 1.31. The van der Waals surface area contributed by atoms with Crippen LogP contribution in [0.4, 0.5) is 0 Å². The van der Waals surface area contributed by atoms with Crippen molar-refractivity contribution in [1.82, 2.24) is 24.4 Å². The zero-order valence-corrected chi connectivity index (χ0v) is 12.9. The third-order valence-corrected chi connectivity index (χ3v) is 3.50. The second-order valence-electron chi connectivity index (χ2n) is 5.30. The lowest BCUT2D eigenvalue weighted by Gasteiger charge is -2.10. The molecular weight excluding hydrogens is 294 g/mol. The minimum absolute atomic E-state index is 0.0489. The van der Waals surface area contributed by atoms with Crippen LogP contribution in [0.15, 0.2) is 48.8 Å². The molecule has 0 aliphatic heterocycles. The van der Waals surface area contributed by atoms with Crippen molar-refractivity contribution in [2.45, 2.75) is 0 Å². The fraction of sp³-hybridized carbons (Fsp3) is 0.188. The molecule has 3 heterocycles. The molecule has 23 heavy (non-hydrogen) atoms. The molecule has 0 saturated carbocycles. The number of fused-ring (bicyclic) bond motifs is 1. The van der Waals surface area contributed by atoms with Gasteiger partial charge in [0, 0.05) is 32.0 Å². The maximum Gasteiger partial charge on any atom is 0.272 e. The van der Waals surface area contributed by atoms with Gasteiger partial charge in [-0.25, -0.2) is 4.68 Å². The summed E-state index contributed by atoms with van der Waals surface area (Å²) in [5.74, 6) is 0.291. The average Bonchev–Trinajstić information content (AvgIpc) is 3.18. The Hall–Kier alpha value is -3.09. The fourth-order valence-corrected chi connectivity index (χ4v) is 2.20. The lowest BCUT2D eigenvalue weighted by molar-refractivity contribution is -0.127. The predicted molar refractivity (Wildman–Crippen MR) is 85.5 cm³/mol. The van der Waals surface area contributed by atoms with E-state index in [0.29, 0.717) is 0 Å². The molecule has 0 unspecified atom stereocenters. The Labute approximate surface area is 133 Å². The maximum absolute atomic E-state index is 12.1. The number of hydrogen-bond donors (Lipinski definition) is 1. The Morgan fingerprint density at radius 1 is 1.13 bits per heavy atom. The van der Waals surface area contributed by atoms with E-state index in [-0.39, 0.29) is 24.1 Å².